The normalized spacial score (nSPS) is 12.5. The van der Waals surface area contributed by atoms with E-state index in [9.17, 15) is 4.79 Å². The smallest absolute Gasteiger partial charge is 0.235 e. The molecule has 0 saturated heterocycles. The van der Waals surface area contributed by atoms with E-state index in [0.717, 1.165) is 40.6 Å². The van der Waals surface area contributed by atoms with Crippen LogP contribution in [0.2, 0.25) is 0 Å². The average molecular weight is 377 g/mol. The molecule has 2 aromatic carbocycles. The van der Waals surface area contributed by atoms with Crippen LogP contribution in [0, 0.1) is 0 Å². The topological polar surface area (TPSA) is 86.7 Å². The molecule has 6 nitrogen and oxygen atoms in total. The molecule has 0 radical (unpaired) electrons. The van der Waals surface area contributed by atoms with Crippen LogP contribution >= 0.6 is 11.8 Å². The number of aryl methyl sites for hydroxylation is 1. The average Bonchev–Trinajstić information content (AvgIpc) is 3.00. The molecule has 2 heterocycles. The maximum Gasteiger partial charge on any atom is 0.235 e. The van der Waals surface area contributed by atoms with Crippen molar-refractivity contribution in [3.63, 3.8) is 0 Å². The molecule has 0 spiro atoms. The van der Waals surface area contributed by atoms with Crippen molar-refractivity contribution in [3.05, 3.63) is 60.2 Å². The molecular formula is C20H19N5OS. The van der Waals surface area contributed by atoms with Crippen LogP contribution in [0.5, 0.6) is 0 Å². The van der Waals surface area contributed by atoms with E-state index in [1.165, 1.54) is 11.8 Å². The highest BCUT2D eigenvalue weighted by atomic mass is 32.2. The summed E-state index contributed by atoms with van der Waals surface area (Å²) in [6, 6.07) is 17.5. The predicted molar refractivity (Wildman–Crippen MR) is 107 cm³/mol. The number of hydrogen-bond donors (Lipinski definition) is 1. The Labute approximate surface area is 160 Å². The van der Waals surface area contributed by atoms with E-state index in [1.54, 1.807) is 0 Å². The lowest BCUT2D eigenvalue weighted by atomic mass is 10.1. The van der Waals surface area contributed by atoms with Gasteiger partial charge in [-0.25, -0.2) is 4.98 Å². The van der Waals surface area contributed by atoms with Gasteiger partial charge in [0.05, 0.1) is 5.52 Å². The highest BCUT2D eigenvalue weighted by Gasteiger charge is 2.22. The first kappa shape index (κ1) is 17.5. The molecule has 1 amide bonds. The molecule has 1 atom stereocenters. The van der Waals surface area contributed by atoms with Crippen molar-refractivity contribution in [3.8, 4) is 0 Å². The molecule has 0 aliphatic heterocycles. The zero-order chi connectivity index (χ0) is 18.8. The summed E-state index contributed by atoms with van der Waals surface area (Å²) in [6.45, 7) is 2.97. The fourth-order valence-electron chi connectivity index (χ4n) is 3.21. The molecule has 4 aromatic rings. The van der Waals surface area contributed by atoms with Gasteiger partial charge in [0.2, 0.25) is 11.1 Å². The van der Waals surface area contributed by atoms with Gasteiger partial charge in [-0.3, -0.25) is 4.79 Å². The second kappa shape index (κ2) is 7.36. The van der Waals surface area contributed by atoms with Crippen molar-refractivity contribution < 1.29 is 4.79 Å². The van der Waals surface area contributed by atoms with Crippen molar-refractivity contribution in [1.82, 2.24) is 19.7 Å². The van der Waals surface area contributed by atoms with Crippen molar-refractivity contribution in [2.24, 2.45) is 5.73 Å². The number of para-hydroxylation sites is 1. The lowest BCUT2D eigenvalue weighted by Gasteiger charge is -2.12. The van der Waals surface area contributed by atoms with Gasteiger partial charge in [-0.05, 0) is 18.1 Å². The molecule has 2 aromatic heterocycles. The summed E-state index contributed by atoms with van der Waals surface area (Å²) in [5.41, 5.74) is 9.11. The number of rotatable bonds is 6. The van der Waals surface area contributed by atoms with Crippen LogP contribution in [0.1, 0.15) is 24.2 Å². The minimum absolute atomic E-state index is 0.427. The molecule has 7 heteroatoms. The third-order valence-electron chi connectivity index (χ3n) is 4.39. The number of amides is 1. The van der Waals surface area contributed by atoms with Gasteiger partial charge < -0.3 is 10.3 Å². The molecule has 0 fully saturated rings. The largest absolute Gasteiger partial charge is 0.368 e. The first-order valence-corrected chi connectivity index (χ1v) is 9.69. The number of thioether (sulfide) groups is 1. The summed E-state index contributed by atoms with van der Waals surface area (Å²) < 4.78 is 2.16. The predicted octanol–water partition coefficient (Wildman–Crippen LogP) is 3.71. The van der Waals surface area contributed by atoms with Gasteiger partial charge in [-0.1, -0.05) is 67.2 Å². The minimum Gasteiger partial charge on any atom is -0.368 e. The van der Waals surface area contributed by atoms with E-state index in [-0.39, 0.29) is 0 Å². The monoisotopic (exact) mass is 377 g/mol. The Hall–Kier alpha value is -2.93. The number of carbonyl (C=O) groups is 1. The standard InChI is InChI=1S/C20H19N5OS/c1-2-12-25-15-11-7-6-10-14(15)16-19(25)22-20(24-23-16)27-17(18(21)26)13-8-4-3-5-9-13/h3-11,17H,2,12H2,1H3,(H2,21,26). The quantitative estimate of drug-likeness (QED) is 0.518. The van der Waals surface area contributed by atoms with Crippen molar-refractivity contribution in [2.75, 3.05) is 0 Å². The Kier molecular flexibility index (Phi) is 4.77. The number of fused-ring (bicyclic) bond motifs is 3. The van der Waals surface area contributed by atoms with E-state index in [2.05, 4.69) is 27.8 Å². The van der Waals surface area contributed by atoms with Crippen molar-refractivity contribution >= 4 is 39.7 Å². The maximum atomic E-state index is 12.0. The van der Waals surface area contributed by atoms with Gasteiger partial charge >= 0.3 is 0 Å². The van der Waals surface area contributed by atoms with Crippen LogP contribution in [0.15, 0.2) is 59.8 Å². The second-order valence-corrected chi connectivity index (χ2v) is 7.32. The SMILES string of the molecule is CCCn1c2ccccc2c2nnc(SC(C(N)=O)c3ccccc3)nc21. The number of aromatic nitrogens is 4. The molecule has 4 rings (SSSR count). The second-order valence-electron chi connectivity index (χ2n) is 6.25. The summed E-state index contributed by atoms with van der Waals surface area (Å²) in [6.07, 6.45) is 0.980. The zero-order valence-electron chi connectivity index (χ0n) is 14.9. The first-order valence-electron chi connectivity index (χ1n) is 8.81. The Morgan fingerprint density at radius 3 is 2.59 bits per heavy atom. The Balaban J connectivity index is 1.80. The summed E-state index contributed by atoms with van der Waals surface area (Å²) in [5, 5.41) is 9.58. The molecule has 1 unspecified atom stereocenters. The van der Waals surface area contributed by atoms with Gasteiger partial charge in [0.25, 0.3) is 0 Å². The summed E-state index contributed by atoms with van der Waals surface area (Å²) in [4.78, 5) is 16.7. The number of carbonyl (C=O) groups excluding carboxylic acids is 1. The number of hydrogen-bond acceptors (Lipinski definition) is 5. The Bertz CT molecular complexity index is 1110. The Morgan fingerprint density at radius 1 is 1.11 bits per heavy atom. The first-order chi connectivity index (χ1) is 13.2. The fourth-order valence-corrected chi connectivity index (χ4v) is 4.06. The van der Waals surface area contributed by atoms with Gasteiger partial charge in [-0.2, -0.15) is 0 Å². The zero-order valence-corrected chi connectivity index (χ0v) is 15.7. The lowest BCUT2D eigenvalue weighted by Crippen LogP contribution is -2.19. The summed E-state index contributed by atoms with van der Waals surface area (Å²) >= 11 is 1.23. The molecule has 2 N–H and O–H groups in total. The number of benzene rings is 2. The maximum absolute atomic E-state index is 12.0. The highest BCUT2D eigenvalue weighted by Crippen LogP contribution is 2.34. The van der Waals surface area contributed by atoms with Gasteiger partial charge in [0.1, 0.15) is 10.8 Å². The van der Waals surface area contributed by atoms with Crippen molar-refractivity contribution in [1.29, 1.82) is 0 Å². The van der Waals surface area contributed by atoms with E-state index < -0.39 is 11.2 Å². The van der Waals surface area contributed by atoms with E-state index >= 15 is 0 Å². The molecule has 27 heavy (non-hydrogen) atoms. The molecular weight excluding hydrogens is 358 g/mol. The third kappa shape index (κ3) is 3.26. The third-order valence-corrected chi connectivity index (χ3v) is 5.51. The Morgan fingerprint density at radius 2 is 1.85 bits per heavy atom. The van der Waals surface area contributed by atoms with Crippen LogP contribution < -0.4 is 5.73 Å². The fraction of sp³-hybridized carbons (Fsp3) is 0.200. The van der Waals surface area contributed by atoms with Crippen LogP contribution in [0.25, 0.3) is 22.1 Å². The highest BCUT2D eigenvalue weighted by molar-refractivity contribution is 8.00. The number of primary amides is 1. The minimum atomic E-state index is -0.561. The number of nitrogens with two attached hydrogens (primary N) is 1. The molecule has 0 saturated carbocycles. The van der Waals surface area contributed by atoms with Crippen molar-refractivity contribution in [2.45, 2.75) is 30.3 Å². The number of nitrogens with zero attached hydrogens (tertiary/aromatic N) is 4. The van der Waals surface area contributed by atoms with Crippen LogP contribution in [-0.4, -0.2) is 25.7 Å². The lowest BCUT2D eigenvalue weighted by molar-refractivity contribution is -0.117. The molecule has 0 aliphatic carbocycles. The van der Waals surface area contributed by atoms with Crippen LogP contribution in [0.3, 0.4) is 0 Å². The van der Waals surface area contributed by atoms with E-state index in [0.29, 0.717) is 5.16 Å². The van der Waals surface area contributed by atoms with Crippen LogP contribution in [-0.2, 0) is 11.3 Å². The summed E-state index contributed by atoms with van der Waals surface area (Å²) in [5.74, 6) is -0.427. The van der Waals surface area contributed by atoms with Crippen LogP contribution in [0.4, 0.5) is 0 Å². The molecule has 136 valence electrons. The van der Waals surface area contributed by atoms with Gasteiger partial charge in [0, 0.05) is 11.9 Å². The molecule has 0 aliphatic rings. The molecule has 0 bridgehead atoms. The summed E-state index contributed by atoms with van der Waals surface area (Å²) in [7, 11) is 0. The van der Waals surface area contributed by atoms with E-state index in [4.69, 9.17) is 10.7 Å². The van der Waals surface area contributed by atoms with E-state index in [1.807, 2.05) is 48.5 Å². The van der Waals surface area contributed by atoms with Gasteiger partial charge in [-0.15, -0.1) is 10.2 Å². The van der Waals surface area contributed by atoms with Gasteiger partial charge in [0.15, 0.2) is 5.65 Å².